The molecule has 1 N–H and O–H groups in total. The van der Waals surface area contributed by atoms with Crippen molar-refractivity contribution in [3.05, 3.63) is 57.0 Å². The van der Waals surface area contributed by atoms with Crippen molar-refractivity contribution in [3.63, 3.8) is 0 Å². The zero-order valence-electron chi connectivity index (χ0n) is 11.1. The van der Waals surface area contributed by atoms with Crippen LogP contribution >= 0.6 is 31.9 Å². The summed E-state index contributed by atoms with van der Waals surface area (Å²) < 4.78 is 30.8. The first-order valence-electron chi connectivity index (χ1n) is 6.22. The topological polar surface area (TPSA) is 21.3 Å². The fraction of sp³-hybridized carbons (Fsp3) is 0.200. The minimum absolute atomic E-state index is 0.0683. The molecule has 21 heavy (non-hydrogen) atoms. The van der Waals surface area contributed by atoms with Crippen molar-refractivity contribution >= 4 is 37.5 Å². The summed E-state index contributed by atoms with van der Waals surface area (Å²) in [5, 5.41) is 3.34. The summed E-state index contributed by atoms with van der Waals surface area (Å²) in [6.45, 7) is -0.867. The SMILES string of the molecule is CC(Nc1c(Br)cccc1Br)c1cccc(OC(F)F)c1. The van der Waals surface area contributed by atoms with Gasteiger partial charge in [0.2, 0.25) is 0 Å². The number of hydrogen-bond acceptors (Lipinski definition) is 2. The number of benzene rings is 2. The molecular weight excluding hydrogens is 408 g/mol. The molecule has 0 aliphatic heterocycles. The van der Waals surface area contributed by atoms with Crippen molar-refractivity contribution in [2.24, 2.45) is 0 Å². The van der Waals surface area contributed by atoms with Crippen LogP contribution in [-0.4, -0.2) is 6.61 Å². The molecule has 0 heterocycles. The second-order valence-electron chi connectivity index (χ2n) is 4.41. The van der Waals surface area contributed by atoms with Crippen molar-refractivity contribution < 1.29 is 13.5 Å². The summed E-state index contributed by atoms with van der Waals surface area (Å²) >= 11 is 6.96. The lowest BCUT2D eigenvalue weighted by Gasteiger charge is -2.19. The van der Waals surface area contributed by atoms with E-state index in [1.165, 1.54) is 6.07 Å². The highest BCUT2D eigenvalue weighted by atomic mass is 79.9. The van der Waals surface area contributed by atoms with Crippen molar-refractivity contribution in [2.75, 3.05) is 5.32 Å². The van der Waals surface area contributed by atoms with E-state index in [-0.39, 0.29) is 11.8 Å². The van der Waals surface area contributed by atoms with Crippen molar-refractivity contribution in [3.8, 4) is 5.75 Å². The van der Waals surface area contributed by atoms with E-state index in [1.807, 2.05) is 31.2 Å². The molecule has 2 aromatic rings. The van der Waals surface area contributed by atoms with Crippen molar-refractivity contribution in [2.45, 2.75) is 19.6 Å². The van der Waals surface area contributed by atoms with Crippen LogP contribution in [0.15, 0.2) is 51.4 Å². The number of para-hydroxylation sites is 1. The molecule has 1 unspecified atom stereocenters. The molecule has 2 rings (SSSR count). The van der Waals surface area contributed by atoms with Crippen LogP contribution < -0.4 is 10.1 Å². The van der Waals surface area contributed by atoms with Gasteiger partial charge in [-0.3, -0.25) is 0 Å². The lowest BCUT2D eigenvalue weighted by atomic mass is 10.1. The smallest absolute Gasteiger partial charge is 0.387 e. The van der Waals surface area contributed by atoms with Gasteiger partial charge >= 0.3 is 6.61 Å². The molecule has 0 amide bonds. The van der Waals surface area contributed by atoms with E-state index in [0.717, 1.165) is 20.2 Å². The second-order valence-corrected chi connectivity index (χ2v) is 6.12. The van der Waals surface area contributed by atoms with Crippen LogP contribution in [0.1, 0.15) is 18.5 Å². The minimum Gasteiger partial charge on any atom is -0.435 e. The number of ether oxygens (including phenoxy) is 1. The fourth-order valence-corrected chi connectivity index (χ4v) is 3.12. The molecule has 112 valence electrons. The third kappa shape index (κ3) is 4.41. The van der Waals surface area contributed by atoms with Gasteiger partial charge in [-0.15, -0.1) is 0 Å². The van der Waals surface area contributed by atoms with E-state index in [2.05, 4.69) is 41.9 Å². The normalized spacial score (nSPS) is 12.3. The summed E-state index contributed by atoms with van der Waals surface area (Å²) in [6.07, 6.45) is 0. The van der Waals surface area contributed by atoms with Crippen LogP contribution in [0.25, 0.3) is 0 Å². The molecule has 0 saturated heterocycles. The molecule has 0 aliphatic carbocycles. The molecule has 1 atom stereocenters. The molecule has 6 heteroatoms. The van der Waals surface area contributed by atoms with Crippen molar-refractivity contribution in [1.29, 1.82) is 0 Å². The van der Waals surface area contributed by atoms with Gasteiger partial charge in [0, 0.05) is 15.0 Å². The quantitative estimate of drug-likeness (QED) is 0.641. The number of halogens is 4. The molecular formula is C15H13Br2F2NO. The van der Waals surface area contributed by atoms with Crippen LogP contribution in [0.2, 0.25) is 0 Å². The Morgan fingerprint density at radius 2 is 1.67 bits per heavy atom. The zero-order valence-corrected chi connectivity index (χ0v) is 14.3. The molecule has 0 aromatic heterocycles. The first kappa shape index (κ1) is 16.2. The van der Waals surface area contributed by atoms with E-state index >= 15 is 0 Å². The van der Waals surface area contributed by atoms with Gasteiger partial charge < -0.3 is 10.1 Å². The monoisotopic (exact) mass is 419 g/mol. The Balaban J connectivity index is 2.18. The Kier molecular flexibility index (Phi) is 5.58. The van der Waals surface area contributed by atoms with Crippen LogP contribution in [-0.2, 0) is 0 Å². The van der Waals surface area contributed by atoms with E-state index in [4.69, 9.17) is 0 Å². The standard InChI is InChI=1S/C15H13Br2F2NO/c1-9(20-14-12(16)6-3-7-13(14)17)10-4-2-5-11(8-10)21-15(18)19/h2-9,15,20H,1H3. The van der Waals surface area contributed by atoms with Crippen LogP contribution in [0, 0.1) is 0 Å². The predicted octanol–water partition coefficient (Wildman–Crippen LogP) is 5.99. The largest absolute Gasteiger partial charge is 0.435 e. The third-order valence-electron chi connectivity index (χ3n) is 2.91. The highest BCUT2D eigenvalue weighted by Crippen LogP contribution is 2.33. The summed E-state index contributed by atoms with van der Waals surface area (Å²) in [5.41, 5.74) is 1.76. The van der Waals surface area contributed by atoms with Gasteiger partial charge in [0.25, 0.3) is 0 Å². The lowest BCUT2D eigenvalue weighted by Crippen LogP contribution is -2.08. The summed E-state index contributed by atoms with van der Waals surface area (Å²) in [6, 6.07) is 12.4. The van der Waals surface area contributed by atoms with Crippen LogP contribution in [0.3, 0.4) is 0 Å². The first-order valence-corrected chi connectivity index (χ1v) is 7.81. The Labute approximate surface area is 138 Å². The molecule has 0 spiro atoms. The van der Waals surface area contributed by atoms with Gasteiger partial charge in [0.15, 0.2) is 0 Å². The van der Waals surface area contributed by atoms with Gasteiger partial charge in [0.1, 0.15) is 5.75 Å². The maximum absolute atomic E-state index is 12.3. The molecule has 2 aromatic carbocycles. The highest BCUT2D eigenvalue weighted by molar-refractivity contribution is 9.11. The lowest BCUT2D eigenvalue weighted by molar-refractivity contribution is -0.0498. The highest BCUT2D eigenvalue weighted by Gasteiger charge is 2.12. The number of nitrogens with one attached hydrogen (secondary N) is 1. The molecule has 2 nitrogen and oxygen atoms in total. The van der Waals surface area contributed by atoms with Crippen molar-refractivity contribution in [1.82, 2.24) is 0 Å². The zero-order chi connectivity index (χ0) is 15.4. The second kappa shape index (κ2) is 7.22. The molecule has 0 saturated carbocycles. The van der Waals surface area contributed by atoms with E-state index in [9.17, 15) is 8.78 Å². The van der Waals surface area contributed by atoms with E-state index in [1.54, 1.807) is 12.1 Å². The predicted molar refractivity (Wildman–Crippen MR) is 87.0 cm³/mol. The van der Waals surface area contributed by atoms with Gasteiger partial charge in [-0.1, -0.05) is 18.2 Å². The van der Waals surface area contributed by atoms with Crippen LogP contribution in [0.4, 0.5) is 14.5 Å². The Morgan fingerprint density at radius 1 is 1.05 bits per heavy atom. The Hall–Kier alpha value is -1.14. The van der Waals surface area contributed by atoms with Gasteiger partial charge in [0.05, 0.1) is 5.69 Å². The third-order valence-corrected chi connectivity index (χ3v) is 4.23. The van der Waals surface area contributed by atoms with Gasteiger partial charge in [-0.2, -0.15) is 8.78 Å². The van der Waals surface area contributed by atoms with Gasteiger partial charge in [-0.25, -0.2) is 0 Å². The maximum atomic E-state index is 12.3. The number of hydrogen-bond donors (Lipinski definition) is 1. The summed E-state index contributed by atoms with van der Waals surface area (Å²) in [4.78, 5) is 0. The number of rotatable bonds is 5. The number of alkyl halides is 2. The van der Waals surface area contributed by atoms with Gasteiger partial charge in [-0.05, 0) is 68.6 Å². The Morgan fingerprint density at radius 3 is 2.29 bits per heavy atom. The average Bonchev–Trinajstić information content (AvgIpc) is 2.42. The maximum Gasteiger partial charge on any atom is 0.387 e. The molecule has 0 bridgehead atoms. The average molecular weight is 421 g/mol. The fourth-order valence-electron chi connectivity index (χ4n) is 1.90. The molecule has 0 aliphatic rings. The molecule has 0 fully saturated rings. The first-order chi connectivity index (χ1) is 9.97. The Bertz CT molecular complexity index is 602. The summed E-state index contributed by atoms with van der Waals surface area (Å²) in [5.74, 6) is 0.155. The van der Waals surface area contributed by atoms with E-state index in [0.29, 0.717) is 0 Å². The molecule has 0 radical (unpaired) electrons. The van der Waals surface area contributed by atoms with E-state index < -0.39 is 6.61 Å². The van der Waals surface area contributed by atoms with Crippen LogP contribution in [0.5, 0.6) is 5.75 Å². The summed E-state index contributed by atoms with van der Waals surface area (Å²) in [7, 11) is 0. The number of anilines is 1. The minimum atomic E-state index is -2.82.